The maximum atomic E-state index is 5.68. The summed E-state index contributed by atoms with van der Waals surface area (Å²) in [5.74, 6) is 1.37. The Morgan fingerprint density at radius 3 is 3.00 bits per heavy atom. The van der Waals surface area contributed by atoms with Crippen molar-refractivity contribution in [3.63, 3.8) is 0 Å². The summed E-state index contributed by atoms with van der Waals surface area (Å²) in [5.41, 5.74) is 1.17. The molecule has 1 aliphatic heterocycles. The molecule has 114 valence electrons. The minimum Gasteiger partial charge on any atom is -0.493 e. The predicted molar refractivity (Wildman–Crippen MR) is 79.0 cm³/mol. The zero-order valence-corrected chi connectivity index (χ0v) is 12.9. The zero-order chi connectivity index (χ0) is 14.4. The minimum atomic E-state index is 0.257. The van der Waals surface area contributed by atoms with Gasteiger partial charge in [0, 0.05) is 19.1 Å². The summed E-state index contributed by atoms with van der Waals surface area (Å²) >= 11 is 0. The lowest BCUT2D eigenvalue weighted by Gasteiger charge is -2.31. The van der Waals surface area contributed by atoms with Crippen molar-refractivity contribution in [3.8, 4) is 5.75 Å². The first-order valence-electron chi connectivity index (χ1n) is 7.72. The van der Waals surface area contributed by atoms with Crippen LogP contribution >= 0.6 is 0 Å². The molecule has 5 nitrogen and oxygen atoms in total. The van der Waals surface area contributed by atoms with Gasteiger partial charge in [0.2, 0.25) is 0 Å². The van der Waals surface area contributed by atoms with Gasteiger partial charge in [0.1, 0.15) is 0 Å². The molecule has 0 aromatic carbocycles. The maximum Gasteiger partial charge on any atom is 0.161 e. The van der Waals surface area contributed by atoms with Crippen LogP contribution in [0.1, 0.15) is 44.8 Å². The molecule has 0 radical (unpaired) electrons. The number of aryl methyl sites for hydroxylation is 1. The third-order valence-electron chi connectivity index (χ3n) is 3.94. The van der Waals surface area contributed by atoms with Crippen LogP contribution in [0, 0.1) is 5.92 Å². The van der Waals surface area contributed by atoms with Crippen LogP contribution in [0.25, 0.3) is 0 Å². The van der Waals surface area contributed by atoms with Gasteiger partial charge in [-0.3, -0.25) is 4.68 Å². The van der Waals surface area contributed by atoms with Gasteiger partial charge in [-0.25, -0.2) is 0 Å². The van der Waals surface area contributed by atoms with E-state index in [0.717, 1.165) is 44.9 Å². The molecular weight excluding hydrogens is 254 g/mol. The topological polar surface area (TPSA) is 48.3 Å². The smallest absolute Gasteiger partial charge is 0.161 e. The average molecular weight is 281 g/mol. The Morgan fingerprint density at radius 2 is 2.40 bits per heavy atom. The van der Waals surface area contributed by atoms with Crippen LogP contribution < -0.4 is 10.1 Å². The van der Waals surface area contributed by atoms with Gasteiger partial charge in [0.05, 0.1) is 31.6 Å². The number of hydrogen-bond acceptors (Lipinski definition) is 4. The molecule has 1 aliphatic rings. The van der Waals surface area contributed by atoms with Gasteiger partial charge < -0.3 is 14.8 Å². The Morgan fingerprint density at radius 1 is 1.55 bits per heavy atom. The van der Waals surface area contributed by atoms with E-state index in [4.69, 9.17) is 9.47 Å². The van der Waals surface area contributed by atoms with Crippen LogP contribution in [0.5, 0.6) is 5.75 Å². The van der Waals surface area contributed by atoms with E-state index >= 15 is 0 Å². The fourth-order valence-electron chi connectivity index (χ4n) is 2.92. The Kier molecular flexibility index (Phi) is 5.86. The summed E-state index contributed by atoms with van der Waals surface area (Å²) in [7, 11) is 1.72. The molecule has 1 aromatic rings. The van der Waals surface area contributed by atoms with Gasteiger partial charge in [-0.15, -0.1) is 0 Å². The highest BCUT2D eigenvalue weighted by Gasteiger charge is 2.30. The van der Waals surface area contributed by atoms with Crippen LogP contribution in [-0.4, -0.2) is 36.6 Å². The first-order chi connectivity index (χ1) is 9.81. The molecule has 5 heteroatoms. The van der Waals surface area contributed by atoms with Crippen molar-refractivity contribution >= 4 is 0 Å². The van der Waals surface area contributed by atoms with Crippen molar-refractivity contribution in [3.05, 3.63) is 11.9 Å². The van der Waals surface area contributed by atoms with E-state index in [1.54, 1.807) is 7.11 Å². The third kappa shape index (κ3) is 3.33. The highest BCUT2D eigenvalue weighted by atomic mass is 16.5. The molecular formula is C15H27N3O2. The normalized spacial score (nSPS) is 20.9. The molecule has 2 atom stereocenters. The fourth-order valence-corrected chi connectivity index (χ4v) is 2.92. The summed E-state index contributed by atoms with van der Waals surface area (Å²) < 4.78 is 13.2. The van der Waals surface area contributed by atoms with Crippen molar-refractivity contribution < 1.29 is 9.47 Å². The van der Waals surface area contributed by atoms with Crippen molar-refractivity contribution in [1.29, 1.82) is 0 Å². The Bertz CT molecular complexity index is 378. The first-order valence-corrected chi connectivity index (χ1v) is 7.72. The van der Waals surface area contributed by atoms with E-state index in [-0.39, 0.29) is 6.04 Å². The van der Waals surface area contributed by atoms with Crippen molar-refractivity contribution in [2.45, 2.75) is 45.7 Å². The second kappa shape index (κ2) is 7.64. The molecule has 2 unspecified atom stereocenters. The Balaban J connectivity index is 2.26. The molecule has 0 saturated carbocycles. The second-order valence-corrected chi connectivity index (χ2v) is 5.32. The predicted octanol–water partition coefficient (Wildman–Crippen LogP) is 2.38. The van der Waals surface area contributed by atoms with E-state index < -0.39 is 0 Å². The van der Waals surface area contributed by atoms with Crippen LogP contribution in [0.3, 0.4) is 0 Å². The van der Waals surface area contributed by atoms with Crippen LogP contribution in [0.4, 0.5) is 0 Å². The second-order valence-electron chi connectivity index (χ2n) is 5.32. The lowest BCUT2D eigenvalue weighted by Crippen LogP contribution is -2.35. The molecule has 1 aromatic heterocycles. The van der Waals surface area contributed by atoms with Gasteiger partial charge in [0.25, 0.3) is 0 Å². The monoisotopic (exact) mass is 281 g/mol. The van der Waals surface area contributed by atoms with Gasteiger partial charge >= 0.3 is 0 Å². The van der Waals surface area contributed by atoms with E-state index in [1.807, 2.05) is 10.9 Å². The Labute approximate surface area is 121 Å². The first kappa shape index (κ1) is 15.3. The minimum absolute atomic E-state index is 0.257. The maximum absolute atomic E-state index is 5.68. The summed E-state index contributed by atoms with van der Waals surface area (Å²) in [5, 5.41) is 8.11. The third-order valence-corrected chi connectivity index (χ3v) is 3.94. The lowest BCUT2D eigenvalue weighted by molar-refractivity contribution is 0.0373. The zero-order valence-electron chi connectivity index (χ0n) is 12.9. The number of rotatable bonds is 7. The SMILES string of the molecule is CCCNC(c1c(OC)cnn1CC)C1CCCOC1. The summed E-state index contributed by atoms with van der Waals surface area (Å²) in [6, 6.07) is 0.257. The highest BCUT2D eigenvalue weighted by molar-refractivity contribution is 5.29. The van der Waals surface area contributed by atoms with Crippen LogP contribution in [-0.2, 0) is 11.3 Å². The number of nitrogens with zero attached hydrogens (tertiary/aromatic N) is 2. The number of aromatic nitrogens is 2. The fraction of sp³-hybridized carbons (Fsp3) is 0.800. The van der Waals surface area contributed by atoms with Crippen molar-refractivity contribution in [2.24, 2.45) is 5.92 Å². The van der Waals surface area contributed by atoms with Gasteiger partial charge in [-0.05, 0) is 32.7 Å². The molecule has 1 saturated heterocycles. The van der Waals surface area contributed by atoms with Gasteiger partial charge in [-0.1, -0.05) is 6.92 Å². The van der Waals surface area contributed by atoms with Gasteiger partial charge in [-0.2, -0.15) is 5.10 Å². The molecule has 1 N–H and O–H groups in total. The summed E-state index contributed by atoms with van der Waals surface area (Å²) in [4.78, 5) is 0. The number of ether oxygens (including phenoxy) is 2. The molecule has 1 fully saturated rings. The number of methoxy groups -OCH3 is 1. The Hall–Kier alpha value is -1.07. The standard InChI is InChI=1S/C15H27N3O2/c1-4-8-16-14(12-7-6-9-20-11-12)15-13(19-3)10-17-18(15)5-2/h10,12,14,16H,4-9,11H2,1-3H3. The number of hydrogen-bond donors (Lipinski definition) is 1. The lowest BCUT2D eigenvalue weighted by atomic mass is 9.91. The summed E-state index contributed by atoms with van der Waals surface area (Å²) in [6.07, 6.45) is 5.27. The molecule has 20 heavy (non-hydrogen) atoms. The number of nitrogens with one attached hydrogen (secondary N) is 1. The molecule has 0 amide bonds. The van der Waals surface area contributed by atoms with Crippen molar-refractivity contribution in [1.82, 2.24) is 15.1 Å². The molecule has 2 heterocycles. The van der Waals surface area contributed by atoms with E-state index in [0.29, 0.717) is 5.92 Å². The molecule has 2 rings (SSSR count). The quantitative estimate of drug-likeness (QED) is 0.833. The summed E-state index contributed by atoms with van der Waals surface area (Å²) in [6.45, 7) is 7.87. The largest absolute Gasteiger partial charge is 0.493 e. The van der Waals surface area contributed by atoms with Gasteiger partial charge in [0.15, 0.2) is 5.75 Å². The van der Waals surface area contributed by atoms with Crippen molar-refractivity contribution in [2.75, 3.05) is 26.9 Å². The average Bonchev–Trinajstić information content (AvgIpc) is 2.92. The molecule has 0 aliphatic carbocycles. The molecule has 0 spiro atoms. The van der Waals surface area contributed by atoms with Crippen LogP contribution in [0.2, 0.25) is 0 Å². The molecule has 0 bridgehead atoms. The van der Waals surface area contributed by atoms with E-state index in [2.05, 4.69) is 24.3 Å². The highest BCUT2D eigenvalue weighted by Crippen LogP contribution is 2.34. The van der Waals surface area contributed by atoms with Crippen LogP contribution in [0.15, 0.2) is 6.20 Å². The van der Waals surface area contributed by atoms with E-state index in [9.17, 15) is 0 Å². The van der Waals surface area contributed by atoms with E-state index in [1.165, 1.54) is 12.1 Å².